The van der Waals surface area contributed by atoms with Gasteiger partial charge in [-0.15, -0.1) is 24.0 Å². The largest absolute Gasteiger partial charge is 0.357 e. The van der Waals surface area contributed by atoms with Crippen LogP contribution in [0, 0.1) is 0 Å². The molecule has 0 fully saturated rings. The summed E-state index contributed by atoms with van der Waals surface area (Å²) in [6.45, 7) is 7.74. The molecule has 0 aliphatic carbocycles. The molecule has 1 aromatic heterocycles. The molecule has 0 bridgehead atoms. The third kappa shape index (κ3) is 7.54. The number of aliphatic imine (C=N–C) groups is 1. The Balaban J connectivity index is 0.00000364. The smallest absolute Gasteiger partial charge is 0.194 e. The quantitative estimate of drug-likeness (QED) is 0.355. The predicted molar refractivity (Wildman–Crippen MR) is 126 cm³/mol. The fourth-order valence-corrected chi connectivity index (χ4v) is 2.83. The zero-order valence-electron chi connectivity index (χ0n) is 17.2. The fraction of sp³-hybridized carbons (Fsp3) is 0.476. The highest BCUT2D eigenvalue weighted by molar-refractivity contribution is 14.0. The summed E-state index contributed by atoms with van der Waals surface area (Å²) in [4.78, 5) is 9.40. The summed E-state index contributed by atoms with van der Waals surface area (Å²) in [7, 11) is 6.33. The van der Waals surface area contributed by atoms with Crippen LogP contribution in [0.5, 0.6) is 0 Å². The maximum absolute atomic E-state index is 4.87. The van der Waals surface area contributed by atoms with Gasteiger partial charge >= 0.3 is 0 Å². The first kappa shape index (κ1) is 23.5. The van der Waals surface area contributed by atoms with E-state index < -0.39 is 0 Å². The average molecular weight is 483 g/mol. The van der Waals surface area contributed by atoms with Crippen molar-refractivity contribution in [2.45, 2.75) is 33.0 Å². The van der Waals surface area contributed by atoms with Gasteiger partial charge in [0, 0.05) is 45.1 Å². The van der Waals surface area contributed by atoms with Crippen molar-refractivity contribution < 1.29 is 0 Å². The Hall–Kier alpha value is -1.54. The van der Waals surface area contributed by atoms with Crippen molar-refractivity contribution in [2.24, 2.45) is 12.0 Å². The van der Waals surface area contributed by atoms with Crippen molar-refractivity contribution in [1.29, 1.82) is 0 Å². The van der Waals surface area contributed by atoms with Gasteiger partial charge in [-0.25, -0.2) is 0 Å². The summed E-state index contributed by atoms with van der Waals surface area (Å²) in [6.07, 6.45) is 2.08. The molecular weight excluding hydrogens is 449 g/mol. The van der Waals surface area contributed by atoms with Crippen molar-refractivity contribution in [1.82, 2.24) is 19.7 Å². The molecule has 0 radical (unpaired) electrons. The molecule has 1 unspecified atom stereocenters. The summed E-state index contributed by atoms with van der Waals surface area (Å²) in [6, 6.07) is 15.2. The molecule has 0 aliphatic rings. The fourth-order valence-electron chi connectivity index (χ4n) is 2.83. The topological polar surface area (TPSA) is 35.8 Å². The van der Waals surface area contributed by atoms with Crippen LogP contribution in [0.2, 0.25) is 0 Å². The number of hydrogen-bond donors (Lipinski definition) is 1. The van der Waals surface area contributed by atoms with E-state index in [0.717, 1.165) is 32.1 Å². The van der Waals surface area contributed by atoms with Crippen LogP contribution in [-0.2, 0) is 20.1 Å². The maximum atomic E-state index is 4.87. The first-order chi connectivity index (χ1) is 12.5. The van der Waals surface area contributed by atoms with Gasteiger partial charge in [0.25, 0.3) is 0 Å². The Morgan fingerprint density at radius 3 is 2.41 bits per heavy atom. The highest BCUT2D eigenvalue weighted by atomic mass is 127. The number of aromatic nitrogens is 1. The number of benzene rings is 1. The normalized spacial score (nSPS) is 12.6. The van der Waals surface area contributed by atoms with Crippen LogP contribution < -0.4 is 5.32 Å². The molecule has 2 rings (SSSR count). The Morgan fingerprint density at radius 1 is 1.11 bits per heavy atom. The van der Waals surface area contributed by atoms with Gasteiger partial charge in [-0.2, -0.15) is 0 Å². The van der Waals surface area contributed by atoms with Crippen LogP contribution in [0.25, 0.3) is 0 Å². The molecular formula is C21H34IN5. The summed E-state index contributed by atoms with van der Waals surface area (Å²) < 4.78 is 2.15. The number of aryl methyl sites for hydroxylation is 1. The number of rotatable bonds is 8. The van der Waals surface area contributed by atoms with Crippen molar-refractivity contribution in [2.75, 3.05) is 27.2 Å². The van der Waals surface area contributed by atoms with E-state index in [1.165, 1.54) is 11.3 Å². The van der Waals surface area contributed by atoms with E-state index in [1.807, 2.05) is 0 Å². The van der Waals surface area contributed by atoms with E-state index in [4.69, 9.17) is 4.99 Å². The minimum Gasteiger partial charge on any atom is -0.357 e. The summed E-state index contributed by atoms with van der Waals surface area (Å²) >= 11 is 0. The van der Waals surface area contributed by atoms with E-state index in [-0.39, 0.29) is 24.0 Å². The number of halogens is 1. The van der Waals surface area contributed by atoms with E-state index in [2.05, 4.69) is 103 Å². The van der Waals surface area contributed by atoms with Crippen LogP contribution >= 0.6 is 24.0 Å². The molecule has 0 amide bonds. The van der Waals surface area contributed by atoms with Crippen molar-refractivity contribution in [3.63, 3.8) is 0 Å². The Bertz CT molecular complexity index is 683. The molecule has 0 saturated carbocycles. The second-order valence-electron chi connectivity index (χ2n) is 6.91. The Kier molecular flexibility index (Phi) is 10.5. The average Bonchev–Trinajstić information content (AvgIpc) is 3.03. The molecule has 1 atom stereocenters. The predicted octanol–water partition coefficient (Wildman–Crippen LogP) is 3.56. The van der Waals surface area contributed by atoms with Crippen molar-refractivity contribution in [3.05, 3.63) is 59.9 Å². The van der Waals surface area contributed by atoms with Crippen LogP contribution in [-0.4, -0.2) is 53.6 Å². The van der Waals surface area contributed by atoms with Crippen LogP contribution in [0.4, 0.5) is 0 Å². The van der Waals surface area contributed by atoms with Gasteiger partial charge < -0.3 is 14.8 Å². The third-order valence-electron chi connectivity index (χ3n) is 4.68. The first-order valence-corrected chi connectivity index (χ1v) is 9.35. The number of nitrogens with one attached hydrogen (secondary N) is 1. The second-order valence-corrected chi connectivity index (χ2v) is 6.91. The van der Waals surface area contributed by atoms with E-state index >= 15 is 0 Å². The lowest BCUT2D eigenvalue weighted by atomic mass is 10.2. The SMILES string of the molecule is CCNC(=NCC(C)N(C)Cc1ccccc1)N(C)Cc1cccn1C.I. The number of guanidine groups is 1. The molecule has 0 spiro atoms. The van der Waals surface area contributed by atoms with Gasteiger partial charge in [0.2, 0.25) is 0 Å². The lowest BCUT2D eigenvalue weighted by Crippen LogP contribution is -2.40. The molecule has 1 heterocycles. The van der Waals surface area contributed by atoms with Crippen molar-refractivity contribution in [3.8, 4) is 0 Å². The molecule has 2 aromatic rings. The van der Waals surface area contributed by atoms with Crippen molar-refractivity contribution >= 4 is 29.9 Å². The Labute approximate surface area is 181 Å². The zero-order valence-corrected chi connectivity index (χ0v) is 19.6. The van der Waals surface area contributed by atoms with E-state index in [0.29, 0.717) is 6.04 Å². The van der Waals surface area contributed by atoms with Crippen LogP contribution in [0.15, 0.2) is 53.7 Å². The molecule has 1 aromatic carbocycles. The van der Waals surface area contributed by atoms with Crippen LogP contribution in [0.1, 0.15) is 25.1 Å². The molecule has 0 aliphatic heterocycles. The maximum Gasteiger partial charge on any atom is 0.194 e. The standard InChI is InChI=1S/C21H33N5.HI/c1-6-22-21(26(5)17-20-13-10-14-24(20)3)23-15-18(2)25(4)16-19-11-8-7-9-12-19;/h7-14,18H,6,15-17H2,1-5H3,(H,22,23);1H. The van der Waals surface area contributed by atoms with Crippen LogP contribution in [0.3, 0.4) is 0 Å². The van der Waals surface area contributed by atoms with Gasteiger partial charge in [0.05, 0.1) is 13.1 Å². The summed E-state index contributed by atoms with van der Waals surface area (Å²) in [5, 5.41) is 3.41. The highest BCUT2D eigenvalue weighted by Crippen LogP contribution is 2.07. The zero-order chi connectivity index (χ0) is 18.9. The van der Waals surface area contributed by atoms with Gasteiger partial charge in [-0.1, -0.05) is 30.3 Å². The molecule has 6 heteroatoms. The monoisotopic (exact) mass is 483 g/mol. The molecule has 0 saturated heterocycles. The minimum atomic E-state index is 0. The lowest BCUT2D eigenvalue weighted by Gasteiger charge is -2.26. The van der Waals surface area contributed by atoms with E-state index in [1.54, 1.807) is 0 Å². The van der Waals surface area contributed by atoms with Gasteiger partial charge in [-0.3, -0.25) is 9.89 Å². The first-order valence-electron chi connectivity index (χ1n) is 9.35. The molecule has 1 N–H and O–H groups in total. The Morgan fingerprint density at radius 2 is 1.81 bits per heavy atom. The highest BCUT2D eigenvalue weighted by Gasteiger charge is 2.12. The summed E-state index contributed by atoms with van der Waals surface area (Å²) in [5.74, 6) is 0.952. The molecule has 5 nitrogen and oxygen atoms in total. The number of likely N-dealkylation sites (N-methyl/N-ethyl adjacent to an activating group) is 1. The van der Waals surface area contributed by atoms with Gasteiger partial charge in [0.15, 0.2) is 5.96 Å². The number of nitrogens with zero attached hydrogens (tertiary/aromatic N) is 4. The lowest BCUT2D eigenvalue weighted by molar-refractivity contribution is 0.254. The third-order valence-corrected chi connectivity index (χ3v) is 4.68. The summed E-state index contributed by atoms with van der Waals surface area (Å²) in [5.41, 5.74) is 2.60. The second kappa shape index (κ2) is 12.0. The van der Waals surface area contributed by atoms with E-state index in [9.17, 15) is 0 Å². The van der Waals surface area contributed by atoms with Gasteiger partial charge in [-0.05, 0) is 38.6 Å². The minimum absolute atomic E-state index is 0. The molecule has 27 heavy (non-hydrogen) atoms. The molecule has 150 valence electrons. The van der Waals surface area contributed by atoms with Gasteiger partial charge in [0.1, 0.15) is 0 Å². The number of hydrogen-bond acceptors (Lipinski definition) is 2.